The van der Waals surface area contributed by atoms with Gasteiger partial charge in [-0.15, -0.1) is 12.6 Å². The fraction of sp³-hybridized carbons (Fsp3) is 0. The van der Waals surface area contributed by atoms with Gasteiger partial charge in [-0.05, 0) is 42.5 Å². The largest absolute Gasteiger partial charge is 0.399 e. The van der Waals surface area contributed by atoms with E-state index >= 15 is 0 Å². The van der Waals surface area contributed by atoms with Crippen molar-refractivity contribution in [3.05, 3.63) is 42.5 Å². The van der Waals surface area contributed by atoms with Crippen LogP contribution >= 0.6 is 12.6 Å². The van der Waals surface area contributed by atoms with Gasteiger partial charge in [-0.1, -0.05) is 0 Å². The van der Waals surface area contributed by atoms with E-state index in [1.54, 1.807) is 30.3 Å². The van der Waals surface area contributed by atoms with Crippen molar-refractivity contribution in [2.45, 2.75) is 9.79 Å². The van der Waals surface area contributed by atoms with Crippen molar-refractivity contribution in [2.24, 2.45) is 0 Å². The lowest BCUT2D eigenvalue weighted by molar-refractivity contribution is 0.481. The van der Waals surface area contributed by atoms with Gasteiger partial charge in [-0.2, -0.15) is 8.42 Å². The number of anilines is 3. The van der Waals surface area contributed by atoms with Crippen molar-refractivity contribution in [1.29, 1.82) is 0 Å². The Bertz CT molecular complexity index is 697. The number of hydrogen-bond acceptors (Lipinski definition) is 5. The molecule has 0 heterocycles. The molecule has 100 valence electrons. The van der Waals surface area contributed by atoms with E-state index in [9.17, 15) is 8.42 Å². The van der Waals surface area contributed by atoms with Crippen LogP contribution in [0.2, 0.25) is 0 Å². The number of nitrogens with one attached hydrogen (secondary N) is 1. The van der Waals surface area contributed by atoms with Gasteiger partial charge in [0.2, 0.25) is 0 Å². The molecule has 4 N–H and O–H groups in total. The molecule has 0 unspecified atom stereocenters. The molecule has 5 nitrogen and oxygen atoms in total. The Hall–Kier alpha value is -1.70. The SMILES string of the molecule is Nc1ccc(Nc2ccc(S(=O)(=O)O)c(S)c2)cc1. The zero-order valence-corrected chi connectivity index (χ0v) is 11.4. The third-order valence-corrected chi connectivity index (χ3v) is 3.87. The second-order valence-electron chi connectivity index (χ2n) is 3.90. The molecule has 2 aromatic carbocycles. The molecule has 0 aliphatic heterocycles. The molecule has 0 amide bonds. The van der Waals surface area contributed by atoms with Crippen molar-refractivity contribution in [2.75, 3.05) is 11.1 Å². The van der Waals surface area contributed by atoms with Crippen LogP contribution < -0.4 is 11.1 Å². The Morgan fingerprint density at radius 2 is 1.63 bits per heavy atom. The number of benzene rings is 2. The van der Waals surface area contributed by atoms with Crippen LogP contribution in [0.4, 0.5) is 17.1 Å². The second-order valence-corrected chi connectivity index (χ2v) is 5.78. The van der Waals surface area contributed by atoms with Crippen LogP contribution in [0.15, 0.2) is 52.3 Å². The lowest BCUT2D eigenvalue weighted by Crippen LogP contribution is -2.00. The van der Waals surface area contributed by atoms with Crippen LogP contribution in [0.1, 0.15) is 0 Å². The Morgan fingerprint density at radius 3 is 2.16 bits per heavy atom. The van der Waals surface area contributed by atoms with Crippen molar-refractivity contribution < 1.29 is 13.0 Å². The fourth-order valence-electron chi connectivity index (χ4n) is 1.55. The first-order valence-corrected chi connectivity index (χ1v) is 7.18. The topological polar surface area (TPSA) is 92.4 Å². The molecule has 0 fully saturated rings. The van der Waals surface area contributed by atoms with E-state index in [1.807, 2.05) is 0 Å². The van der Waals surface area contributed by atoms with Gasteiger partial charge in [0.15, 0.2) is 0 Å². The highest BCUT2D eigenvalue weighted by Crippen LogP contribution is 2.25. The number of nitrogens with two attached hydrogens (primary N) is 1. The van der Waals surface area contributed by atoms with E-state index in [1.165, 1.54) is 12.1 Å². The van der Waals surface area contributed by atoms with Crippen molar-refractivity contribution in [3.63, 3.8) is 0 Å². The molecule has 0 spiro atoms. The second kappa shape index (κ2) is 5.12. The number of nitrogen functional groups attached to an aromatic ring is 1. The third kappa shape index (κ3) is 3.40. The van der Waals surface area contributed by atoms with E-state index in [0.29, 0.717) is 11.4 Å². The van der Waals surface area contributed by atoms with Crippen molar-refractivity contribution in [1.82, 2.24) is 0 Å². The van der Waals surface area contributed by atoms with Crippen LogP contribution in [0.3, 0.4) is 0 Å². The minimum absolute atomic E-state index is 0.169. The minimum Gasteiger partial charge on any atom is -0.399 e. The van der Waals surface area contributed by atoms with E-state index in [0.717, 1.165) is 5.69 Å². The van der Waals surface area contributed by atoms with E-state index in [4.69, 9.17) is 10.3 Å². The normalized spacial score (nSPS) is 11.3. The predicted octanol–water partition coefficient (Wildman–Crippen LogP) is 2.55. The highest BCUT2D eigenvalue weighted by Gasteiger charge is 2.13. The van der Waals surface area contributed by atoms with Gasteiger partial charge in [-0.25, -0.2) is 0 Å². The summed E-state index contributed by atoms with van der Waals surface area (Å²) in [4.78, 5) is -0.0540. The van der Waals surface area contributed by atoms with Gasteiger partial charge in [0.25, 0.3) is 10.1 Å². The number of thiol groups is 1. The molecular weight excluding hydrogens is 284 g/mol. The Kier molecular flexibility index (Phi) is 3.70. The average molecular weight is 296 g/mol. The molecule has 2 rings (SSSR count). The predicted molar refractivity (Wildman–Crippen MR) is 77.6 cm³/mol. The third-order valence-electron chi connectivity index (χ3n) is 2.44. The Labute approximate surface area is 116 Å². The van der Waals surface area contributed by atoms with E-state index < -0.39 is 10.1 Å². The van der Waals surface area contributed by atoms with E-state index in [2.05, 4.69) is 17.9 Å². The molecule has 2 aromatic rings. The van der Waals surface area contributed by atoms with Gasteiger partial charge in [0.1, 0.15) is 4.90 Å². The van der Waals surface area contributed by atoms with Gasteiger partial charge in [0, 0.05) is 22.0 Å². The summed E-state index contributed by atoms with van der Waals surface area (Å²) in [5.74, 6) is 0. The molecule has 7 heteroatoms. The summed E-state index contributed by atoms with van der Waals surface area (Å²) in [5, 5.41) is 3.07. The van der Waals surface area contributed by atoms with Crippen LogP contribution in [0, 0.1) is 0 Å². The van der Waals surface area contributed by atoms with Gasteiger partial charge in [-0.3, -0.25) is 4.55 Å². The van der Waals surface area contributed by atoms with Crippen molar-refractivity contribution in [3.8, 4) is 0 Å². The zero-order chi connectivity index (χ0) is 14.0. The van der Waals surface area contributed by atoms with Crippen LogP contribution in [0.5, 0.6) is 0 Å². The number of rotatable bonds is 3. The molecule has 0 aliphatic rings. The Morgan fingerprint density at radius 1 is 1.05 bits per heavy atom. The molecule has 0 aliphatic carbocycles. The summed E-state index contributed by atoms with van der Waals surface area (Å²) in [5.41, 5.74) is 7.69. The van der Waals surface area contributed by atoms with Crippen LogP contribution in [-0.2, 0) is 10.1 Å². The van der Waals surface area contributed by atoms with Gasteiger partial charge >= 0.3 is 0 Å². The summed E-state index contributed by atoms with van der Waals surface area (Å²) in [6.07, 6.45) is 0. The van der Waals surface area contributed by atoms with Crippen LogP contribution in [-0.4, -0.2) is 13.0 Å². The number of hydrogen-bond donors (Lipinski definition) is 4. The molecule has 0 saturated heterocycles. The summed E-state index contributed by atoms with van der Waals surface area (Å²) >= 11 is 4.04. The maximum absolute atomic E-state index is 11.0. The van der Waals surface area contributed by atoms with Gasteiger partial charge < -0.3 is 11.1 Å². The standard InChI is InChI=1S/C12H12N2O3S2/c13-8-1-3-9(4-2-8)14-10-5-6-12(11(18)7-10)19(15,16)17/h1-7,14,18H,13H2,(H,15,16,17). The Balaban J connectivity index is 2.28. The molecule has 19 heavy (non-hydrogen) atoms. The van der Waals surface area contributed by atoms with E-state index in [-0.39, 0.29) is 9.79 Å². The van der Waals surface area contributed by atoms with Crippen molar-refractivity contribution >= 4 is 39.8 Å². The summed E-state index contributed by atoms with van der Waals surface area (Å²) < 4.78 is 31.0. The maximum atomic E-state index is 11.0. The maximum Gasteiger partial charge on any atom is 0.295 e. The minimum atomic E-state index is -4.25. The molecule has 0 saturated carbocycles. The molecule has 0 aromatic heterocycles. The molecule has 0 bridgehead atoms. The first-order valence-electron chi connectivity index (χ1n) is 5.29. The molecule has 0 atom stereocenters. The smallest absolute Gasteiger partial charge is 0.295 e. The lowest BCUT2D eigenvalue weighted by Gasteiger charge is -2.09. The lowest BCUT2D eigenvalue weighted by atomic mass is 10.2. The quantitative estimate of drug-likeness (QED) is 0.397. The monoisotopic (exact) mass is 296 g/mol. The zero-order valence-electron chi connectivity index (χ0n) is 9.74. The summed E-state index contributed by atoms with van der Waals surface area (Å²) in [6.45, 7) is 0. The summed E-state index contributed by atoms with van der Waals surface area (Å²) in [6, 6.07) is 11.4. The first kappa shape index (κ1) is 13.7. The fourth-order valence-corrected chi connectivity index (χ4v) is 2.67. The molecule has 0 radical (unpaired) electrons. The highest BCUT2D eigenvalue weighted by molar-refractivity contribution is 7.87. The van der Waals surface area contributed by atoms with Gasteiger partial charge in [0.05, 0.1) is 0 Å². The first-order chi connectivity index (χ1) is 8.86. The van der Waals surface area contributed by atoms with Crippen LogP contribution in [0.25, 0.3) is 0 Å². The summed E-state index contributed by atoms with van der Waals surface area (Å²) in [7, 11) is -4.25. The molecular formula is C12H12N2O3S2. The average Bonchev–Trinajstić information content (AvgIpc) is 2.30. The highest BCUT2D eigenvalue weighted by atomic mass is 32.2.